The van der Waals surface area contributed by atoms with E-state index in [0.717, 1.165) is 15.9 Å². The number of benzene rings is 1. The lowest BCUT2D eigenvalue weighted by molar-refractivity contribution is 0.371. The van der Waals surface area contributed by atoms with Crippen molar-refractivity contribution in [1.29, 1.82) is 0 Å². The van der Waals surface area contributed by atoms with Crippen LogP contribution in [0.5, 0.6) is 11.5 Å². The smallest absolute Gasteiger partial charge is 0.172 e. The number of phenols is 1. The molecule has 1 heterocycles. The molecular weight excluding hydrogens is 394 g/mol. The van der Waals surface area contributed by atoms with Gasteiger partial charge in [0.05, 0.1) is 15.4 Å². The standard InChI is InChI=1S/C13H13Br2NO2S/c1-18-11-5-8(4-10(14)13(11)17)6-16-7-9-2-3-12(15)19-9/h2-5,16-17H,6-7H2,1H3. The van der Waals surface area contributed by atoms with E-state index in [1.54, 1.807) is 18.4 Å². The normalized spacial score (nSPS) is 10.7. The minimum atomic E-state index is 0.133. The lowest BCUT2D eigenvalue weighted by atomic mass is 10.2. The first kappa shape index (κ1) is 14.8. The summed E-state index contributed by atoms with van der Waals surface area (Å²) in [6, 6.07) is 7.85. The lowest BCUT2D eigenvalue weighted by Crippen LogP contribution is -2.11. The summed E-state index contributed by atoms with van der Waals surface area (Å²) in [5.41, 5.74) is 1.05. The molecule has 0 saturated heterocycles. The van der Waals surface area contributed by atoms with Crippen LogP contribution in [0.25, 0.3) is 0 Å². The molecule has 1 aromatic carbocycles. The van der Waals surface area contributed by atoms with Gasteiger partial charge >= 0.3 is 0 Å². The van der Waals surface area contributed by atoms with E-state index in [1.165, 1.54) is 4.88 Å². The Labute approximate surface area is 132 Å². The van der Waals surface area contributed by atoms with Gasteiger partial charge in [0, 0.05) is 18.0 Å². The average molecular weight is 407 g/mol. The number of methoxy groups -OCH3 is 1. The van der Waals surface area contributed by atoms with Crippen molar-refractivity contribution in [2.45, 2.75) is 13.1 Å². The molecule has 2 rings (SSSR count). The van der Waals surface area contributed by atoms with Crippen LogP contribution in [0.3, 0.4) is 0 Å². The van der Waals surface area contributed by atoms with Gasteiger partial charge < -0.3 is 15.2 Å². The first-order valence-corrected chi connectivity index (χ1v) is 8.00. The van der Waals surface area contributed by atoms with Gasteiger partial charge in [-0.25, -0.2) is 0 Å². The van der Waals surface area contributed by atoms with Crippen LogP contribution in [0.2, 0.25) is 0 Å². The Morgan fingerprint density at radius 1 is 1.26 bits per heavy atom. The lowest BCUT2D eigenvalue weighted by Gasteiger charge is -2.09. The highest BCUT2D eigenvalue weighted by Crippen LogP contribution is 2.35. The van der Waals surface area contributed by atoms with Gasteiger partial charge in [0.15, 0.2) is 11.5 Å². The molecule has 0 atom stereocenters. The summed E-state index contributed by atoms with van der Waals surface area (Å²) in [5, 5.41) is 13.1. The maximum Gasteiger partial charge on any atom is 0.172 e. The van der Waals surface area contributed by atoms with E-state index >= 15 is 0 Å². The molecular formula is C13H13Br2NO2S. The SMILES string of the molecule is COc1cc(CNCc2ccc(Br)s2)cc(Br)c1O. The minimum absolute atomic E-state index is 0.133. The van der Waals surface area contributed by atoms with Gasteiger partial charge in [0.1, 0.15) is 0 Å². The van der Waals surface area contributed by atoms with Crippen molar-refractivity contribution in [3.63, 3.8) is 0 Å². The zero-order chi connectivity index (χ0) is 13.8. The van der Waals surface area contributed by atoms with Crippen LogP contribution in [0.4, 0.5) is 0 Å². The molecule has 0 radical (unpaired) electrons. The molecule has 0 aliphatic carbocycles. The van der Waals surface area contributed by atoms with Gasteiger partial charge in [0.2, 0.25) is 0 Å². The molecule has 0 saturated carbocycles. The van der Waals surface area contributed by atoms with Crippen LogP contribution in [0.15, 0.2) is 32.5 Å². The van der Waals surface area contributed by atoms with Crippen LogP contribution in [-0.2, 0) is 13.1 Å². The Balaban J connectivity index is 1.98. The van der Waals surface area contributed by atoms with Gasteiger partial charge in [-0.2, -0.15) is 0 Å². The van der Waals surface area contributed by atoms with Gasteiger partial charge in [0.25, 0.3) is 0 Å². The Bertz CT molecular complexity index is 572. The molecule has 2 aromatic rings. The molecule has 19 heavy (non-hydrogen) atoms. The number of aromatic hydroxyl groups is 1. The number of phenolic OH excluding ortho intramolecular Hbond substituents is 1. The number of hydrogen-bond donors (Lipinski definition) is 2. The molecule has 6 heteroatoms. The Morgan fingerprint density at radius 2 is 2.05 bits per heavy atom. The molecule has 0 fully saturated rings. The Kier molecular flexibility index (Phi) is 5.27. The highest BCUT2D eigenvalue weighted by molar-refractivity contribution is 9.11. The Morgan fingerprint density at radius 3 is 2.68 bits per heavy atom. The maximum atomic E-state index is 9.73. The van der Waals surface area contributed by atoms with Gasteiger partial charge in [-0.15, -0.1) is 11.3 Å². The third-order valence-corrected chi connectivity index (χ3v) is 4.79. The maximum absolute atomic E-state index is 9.73. The molecule has 0 amide bonds. The number of halogens is 2. The number of ether oxygens (including phenoxy) is 1. The molecule has 3 nitrogen and oxygen atoms in total. The monoisotopic (exact) mass is 405 g/mol. The van der Waals surface area contributed by atoms with E-state index in [2.05, 4.69) is 43.2 Å². The topological polar surface area (TPSA) is 41.5 Å². The van der Waals surface area contributed by atoms with Crippen molar-refractivity contribution in [1.82, 2.24) is 5.32 Å². The largest absolute Gasteiger partial charge is 0.503 e. The molecule has 2 N–H and O–H groups in total. The summed E-state index contributed by atoms with van der Waals surface area (Å²) in [6.07, 6.45) is 0. The molecule has 0 spiro atoms. The van der Waals surface area contributed by atoms with E-state index in [-0.39, 0.29) is 5.75 Å². The fourth-order valence-electron chi connectivity index (χ4n) is 1.66. The average Bonchev–Trinajstić information content (AvgIpc) is 2.79. The number of thiophene rings is 1. The summed E-state index contributed by atoms with van der Waals surface area (Å²) >= 11 is 8.48. The van der Waals surface area contributed by atoms with Crippen LogP contribution >= 0.6 is 43.2 Å². The second-order valence-electron chi connectivity index (χ2n) is 3.94. The fourth-order valence-corrected chi connectivity index (χ4v) is 3.60. The van der Waals surface area contributed by atoms with Crippen molar-refractivity contribution in [3.8, 4) is 11.5 Å². The first-order chi connectivity index (χ1) is 9.10. The van der Waals surface area contributed by atoms with E-state index in [0.29, 0.717) is 16.8 Å². The van der Waals surface area contributed by atoms with Gasteiger partial charge in [-0.05, 0) is 61.7 Å². The van der Waals surface area contributed by atoms with Crippen LogP contribution in [0, 0.1) is 0 Å². The highest BCUT2D eigenvalue weighted by atomic mass is 79.9. The van der Waals surface area contributed by atoms with Crippen molar-refractivity contribution in [2.24, 2.45) is 0 Å². The van der Waals surface area contributed by atoms with E-state index in [1.807, 2.05) is 18.2 Å². The molecule has 0 bridgehead atoms. The van der Waals surface area contributed by atoms with Crippen LogP contribution in [-0.4, -0.2) is 12.2 Å². The summed E-state index contributed by atoms with van der Waals surface area (Å²) < 4.78 is 6.90. The second-order valence-corrected chi connectivity index (χ2v) is 7.34. The van der Waals surface area contributed by atoms with Crippen molar-refractivity contribution < 1.29 is 9.84 Å². The van der Waals surface area contributed by atoms with Crippen molar-refractivity contribution >= 4 is 43.2 Å². The van der Waals surface area contributed by atoms with E-state index in [4.69, 9.17) is 4.74 Å². The summed E-state index contributed by atoms with van der Waals surface area (Å²) in [6.45, 7) is 1.53. The zero-order valence-corrected chi connectivity index (χ0v) is 14.2. The summed E-state index contributed by atoms with van der Waals surface area (Å²) in [5.74, 6) is 0.610. The number of rotatable bonds is 5. The van der Waals surface area contributed by atoms with Crippen LogP contribution < -0.4 is 10.1 Å². The molecule has 0 unspecified atom stereocenters. The van der Waals surface area contributed by atoms with E-state index < -0.39 is 0 Å². The van der Waals surface area contributed by atoms with Crippen molar-refractivity contribution in [3.05, 3.63) is 43.0 Å². The van der Waals surface area contributed by atoms with E-state index in [9.17, 15) is 5.11 Å². The minimum Gasteiger partial charge on any atom is -0.503 e. The van der Waals surface area contributed by atoms with Gasteiger partial charge in [-0.3, -0.25) is 0 Å². The predicted octanol–water partition coefficient (Wildman–Crippen LogP) is 4.28. The van der Waals surface area contributed by atoms with Gasteiger partial charge in [-0.1, -0.05) is 0 Å². The Hall–Kier alpha value is -0.560. The molecule has 0 aliphatic rings. The highest BCUT2D eigenvalue weighted by Gasteiger charge is 2.08. The number of nitrogens with one attached hydrogen (secondary N) is 1. The molecule has 1 aromatic heterocycles. The van der Waals surface area contributed by atoms with Crippen molar-refractivity contribution in [2.75, 3.05) is 7.11 Å². The van der Waals surface area contributed by atoms with Crippen LogP contribution in [0.1, 0.15) is 10.4 Å². The fraction of sp³-hybridized carbons (Fsp3) is 0.231. The third-order valence-electron chi connectivity index (χ3n) is 2.57. The molecule has 102 valence electrons. The second kappa shape index (κ2) is 6.74. The zero-order valence-electron chi connectivity index (χ0n) is 10.2. The molecule has 0 aliphatic heterocycles. The summed E-state index contributed by atoms with van der Waals surface area (Å²) in [7, 11) is 1.54. The first-order valence-electron chi connectivity index (χ1n) is 5.60. The quantitative estimate of drug-likeness (QED) is 0.778. The third kappa shape index (κ3) is 3.95. The summed E-state index contributed by atoms with van der Waals surface area (Å²) in [4.78, 5) is 1.27. The number of hydrogen-bond acceptors (Lipinski definition) is 4. The predicted molar refractivity (Wildman–Crippen MR) is 84.9 cm³/mol.